The summed E-state index contributed by atoms with van der Waals surface area (Å²) < 4.78 is 10.9. The monoisotopic (exact) mass is 371 g/mol. The Kier molecular flexibility index (Phi) is 6.95. The quantitative estimate of drug-likeness (QED) is 0.730. The van der Waals surface area contributed by atoms with Crippen LogP contribution in [-0.4, -0.2) is 66.8 Å². The normalized spacial score (nSPS) is 14.6. The SMILES string of the molecule is CCOc1ccccc1Nc1nccc(C(=O)NCCN2CCOCC2)n1. The molecule has 0 aliphatic carbocycles. The Morgan fingerprint density at radius 2 is 2.07 bits per heavy atom. The number of benzene rings is 1. The fraction of sp³-hybridized carbons (Fsp3) is 0.421. The van der Waals surface area contributed by atoms with Crippen LogP contribution in [0.2, 0.25) is 0 Å². The molecule has 1 aliphatic heterocycles. The van der Waals surface area contributed by atoms with E-state index < -0.39 is 0 Å². The average molecular weight is 371 g/mol. The summed E-state index contributed by atoms with van der Waals surface area (Å²) in [6.45, 7) is 7.15. The highest BCUT2D eigenvalue weighted by Gasteiger charge is 2.12. The fourth-order valence-corrected chi connectivity index (χ4v) is 2.76. The van der Waals surface area contributed by atoms with Crippen LogP contribution in [0.15, 0.2) is 36.5 Å². The van der Waals surface area contributed by atoms with Gasteiger partial charge in [0.25, 0.3) is 5.91 Å². The van der Waals surface area contributed by atoms with Crippen molar-refractivity contribution in [1.82, 2.24) is 20.2 Å². The molecule has 8 nitrogen and oxygen atoms in total. The van der Waals surface area contributed by atoms with Crippen molar-refractivity contribution < 1.29 is 14.3 Å². The van der Waals surface area contributed by atoms with Gasteiger partial charge in [-0.05, 0) is 25.1 Å². The highest BCUT2D eigenvalue weighted by molar-refractivity contribution is 5.92. The van der Waals surface area contributed by atoms with E-state index in [1.165, 1.54) is 0 Å². The molecule has 0 bridgehead atoms. The topological polar surface area (TPSA) is 88.6 Å². The number of aromatic nitrogens is 2. The lowest BCUT2D eigenvalue weighted by Gasteiger charge is -2.26. The molecule has 1 fully saturated rings. The van der Waals surface area contributed by atoms with Gasteiger partial charge < -0.3 is 20.1 Å². The Balaban J connectivity index is 1.57. The minimum absolute atomic E-state index is 0.216. The maximum absolute atomic E-state index is 12.4. The van der Waals surface area contributed by atoms with Crippen molar-refractivity contribution in [2.75, 3.05) is 51.3 Å². The van der Waals surface area contributed by atoms with Crippen LogP contribution < -0.4 is 15.4 Å². The Bertz CT molecular complexity index is 750. The van der Waals surface area contributed by atoms with E-state index in [4.69, 9.17) is 9.47 Å². The third-order valence-electron chi connectivity index (χ3n) is 4.14. The van der Waals surface area contributed by atoms with Gasteiger partial charge in [0.05, 0.1) is 25.5 Å². The van der Waals surface area contributed by atoms with E-state index in [-0.39, 0.29) is 5.91 Å². The van der Waals surface area contributed by atoms with E-state index in [1.54, 1.807) is 12.3 Å². The van der Waals surface area contributed by atoms with Crippen LogP contribution in [0.4, 0.5) is 11.6 Å². The van der Waals surface area contributed by atoms with Gasteiger partial charge in [0.15, 0.2) is 0 Å². The van der Waals surface area contributed by atoms with Gasteiger partial charge in [-0.25, -0.2) is 9.97 Å². The van der Waals surface area contributed by atoms with Crippen LogP contribution in [-0.2, 0) is 4.74 Å². The Hall–Kier alpha value is -2.71. The van der Waals surface area contributed by atoms with Gasteiger partial charge in [0.1, 0.15) is 11.4 Å². The van der Waals surface area contributed by atoms with Gasteiger partial charge in [-0.1, -0.05) is 12.1 Å². The van der Waals surface area contributed by atoms with E-state index in [1.807, 2.05) is 31.2 Å². The zero-order valence-electron chi connectivity index (χ0n) is 15.5. The van der Waals surface area contributed by atoms with E-state index >= 15 is 0 Å². The maximum atomic E-state index is 12.4. The van der Waals surface area contributed by atoms with E-state index in [0.717, 1.165) is 38.5 Å². The first-order chi connectivity index (χ1) is 13.3. The van der Waals surface area contributed by atoms with Gasteiger partial charge in [-0.15, -0.1) is 0 Å². The maximum Gasteiger partial charge on any atom is 0.270 e. The Morgan fingerprint density at radius 3 is 2.89 bits per heavy atom. The van der Waals surface area contributed by atoms with Crippen molar-refractivity contribution in [2.45, 2.75) is 6.92 Å². The molecule has 3 rings (SSSR count). The predicted molar refractivity (Wildman–Crippen MR) is 103 cm³/mol. The summed E-state index contributed by atoms with van der Waals surface area (Å²) >= 11 is 0. The van der Waals surface area contributed by atoms with E-state index in [2.05, 4.69) is 25.5 Å². The summed E-state index contributed by atoms with van der Waals surface area (Å²) in [4.78, 5) is 23.1. The first-order valence-electron chi connectivity index (χ1n) is 9.16. The number of carbonyl (C=O) groups is 1. The van der Waals surface area contributed by atoms with Gasteiger partial charge in [-0.3, -0.25) is 9.69 Å². The molecule has 1 amide bonds. The number of para-hydroxylation sites is 2. The second-order valence-corrected chi connectivity index (χ2v) is 6.03. The van der Waals surface area contributed by atoms with Crippen molar-refractivity contribution in [2.24, 2.45) is 0 Å². The molecular weight excluding hydrogens is 346 g/mol. The molecule has 8 heteroatoms. The molecule has 0 radical (unpaired) electrons. The zero-order chi connectivity index (χ0) is 18.9. The molecule has 1 saturated heterocycles. The molecule has 0 unspecified atom stereocenters. The first kappa shape index (κ1) is 19.1. The summed E-state index contributed by atoms with van der Waals surface area (Å²) in [6, 6.07) is 9.14. The number of hydrogen-bond donors (Lipinski definition) is 2. The Morgan fingerprint density at radius 1 is 1.26 bits per heavy atom. The largest absolute Gasteiger partial charge is 0.492 e. The van der Waals surface area contributed by atoms with Gasteiger partial charge >= 0.3 is 0 Å². The molecule has 2 heterocycles. The Labute approximate surface area is 158 Å². The van der Waals surface area contributed by atoms with Crippen molar-refractivity contribution >= 4 is 17.5 Å². The molecule has 27 heavy (non-hydrogen) atoms. The van der Waals surface area contributed by atoms with Crippen LogP contribution >= 0.6 is 0 Å². The van der Waals surface area contributed by atoms with Crippen molar-refractivity contribution in [3.05, 3.63) is 42.2 Å². The van der Waals surface area contributed by atoms with Gasteiger partial charge in [0.2, 0.25) is 5.95 Å². The molecule has 0 saturated carbocycles. The number of rotatable bonds is 8. The van der Waals surface area contributed by atoms with Crippen LogP contribution in [0.3, 0.4) is 0 Å². The van der Waals surface area contributed by atoms with Crippen LogP contribution in [0.1, 0.15) is 17.4 Å². The minimum Gasteiger partial charge on any atom is -0.492 e. The van der Waals surface area contributed by atoms with Crippen molar-refractivity contribution in [3.63, 3.8) is 0 Å². The van der Waals surface area contributed by atoms with E-state index in [9.17, 15) is 4.79 Å². The number of amides is 1. The highest BCUT2D eigenvalue weighted by Crippen LogP contribution is 2.25. The smallest absolute Gasteiger partial charge is 0.270 e. The fourth-order valence-electron chi connectivity index (χ4n) is 2.76. The lowest BCUT2D eigenvalue weighted by atomic mass is 10.3. The molecule has 2 aromatic rings. The summed E-state index contributed by atoms with van der Waals surface area (Å²) in [5.41, 5.74) is 1.08. The molecule has 144 valence electrons. The standard InChI is InChI=1S/C19H25N5O3/c1-2-27-17-6-4-3-5-15(17)22-19-21-8-7-16(23-19)18(25)20-9-10-24-11-13-26-14-12-24/h3-8H,2,9-14H2,1H3,(H,20,25)(H,21,22,23). The second-order valence-electron chi connectivity index (χ2n) is 6.03. The molecule has 2 N–H and O–H groups in total. The molecule has 1 aromatic carbocycles. The number of nitrogens with one attached hydrogen (secondary N) is 2. The summed E-state index contributed by atoms with van der Waals surface area (Å²) in [7, 11) is 0. The second kappa shape index (κ2) is 9.84. The lowest BCUT2D eigenvalue weighted by molar-refractivity contribution is 0.0383. The predicted octanol–water partition coefficient (Wildman–Crippen LogP) is 1.68. The van der Waals surface area contributed by atoms with Crippen molar-refractivity contribution in [1.29, 1.82) is 0 Å². The van der Waals surface area contributed by atoms with Crippen LogP contribution in [0.25, 0.3) is 0 Å². The van der Waals surface area contributed by atoms with Crippen molar-refractivity contribution in [3.8, 4) is 5.75 Å². The third kappa shape index (κ3) is 5.63. The first-order valence-corrected chi connectivity index (χ1v) is 9.16. The molecule has 1 aromatic heterocycles. The van der Waals surface area contributed by atoms with Crippen LogP contribution in [0, 0.1) is 0 Å². The molecule has 0 atom stereocenters. The number of nitrogens with zero attached hydrogens (tertiary/aromatic N) is 3. The number of carbonyl (C=O) groups excluding carboxylic acids is 1. The minimum atomic E-state index is -0.216. The van der Waals surface area contributed by atoms with Crippen LogP contribution in [0.5, 0.6) is 5.75 Å². The average Bonchev–Trinajstić information content (AvgIpc) is 2.71. The number of ether oxygens (including phenoxy) is 2. The van der Waals surface area contributed by atoms with Gasteiger partial charge in [0, 0.05) is 32.4 Å². The van der Waals surface area contributed by atoms with Gasteiger partial charge in [-0.2, -0.15) is 0 Å². The third-order valence-corrected chi connectivity index (χ3v) is 4.14. The summed E-state index contributed by atoms with van der Waals surface area (Å²) in [5, 5.41) is 6.02. The summed E-state index contributed by atoms with van der Waals surface area (Å²) in [5.74, 6) is 0.846. The highest BCUT2D eigenvalue weighted by atomic mass is 16.5. The zero-order valence-corrected chi connectivity index (χ0v) is 15.5. The lowest BCUT2D eigenvalue weighted by Crippen LogP contribution is -2.41. The number of morpholine rings is 1. The number of hydrogen-bond acceptors (Lipinski definition) is 7. The summed E-state index contributed by atoms with van der Waals surface area (Å²) in [6.07, 6.45) is 1.56. The molecule has 0 spiro atoms. The van der Waals surface area contributed by atoms with E-state index in [0.29, 0.717) is 30.5 Å². The molecular formula is C19H25N5O3. The number of anilines is 2. The molecule has 1 aliphatic rings.